The summed E-state index contributed by atoms with van der Waals surface area (Å²) in [5.41, 5.74) is 2.05. The Balaban J connectivity index is 1.44. The van der Waals surface area contributed by atoms with Gasteiger partial charge in [0.1, 0.15) is 28.9 Å². The average Bonchev–Trinajstić information content (AvgIpc) is 2.80. The normalized spacial score (nSPS) is 15.8. The van der Waals surface area contributed by atoms with E-state index in [0.717, 1.165) is 36.4 Å². The van der Waals surface area contributed by atoms with Gasteiger partial charge >= 0.3 is 6.36 Å². The minimum absolute atomic E-state index is 0.298. The van der Waals surface area contributed by atoms with Gasteiger partial charge in [0.15, 0.2) is 0 Å². The Kier molecular flexibility index (Phi) is 6.71. The third kappa shape index (κ3) is 5.83. The van der Waals surface area contributed by atoms with Crippen molar-refractivity contribution in [2.45, 2.75) is 30.5 Å². The van der Waals surface area contributed by atoms with Gasteiger partial charge in [0.25, 0.3) is 0 Å². The van der Waals surface area contributed by atoms with Crippen molar-refractivity contribution in [2.24, 2.45) is 0 Å². The first-order valence-electron chi connectivity index (χ1n) is 10.1. The minimum Gasteiger partial charge on any atom is -0.406 e. The van der Waals surface area contributed by atoms with Gasteiger partial charge in [-0.15, -0.1) is 13.2 Å². The van der Waals surface area contributed by atoms with Crippen molar-refractivity contribution in [3.63, 3.8) is 0 Å². The fraction of sp³-hybridized carbons (Fsp3) is 0.273. The number of piperidine rings is 1. The van der Waals surface area contributed by atoms with E-state index in [1.54, 1.807) is 6.07 Å². The predicted octanol–water partition coefficient (Wildman–Crippen LogP) is 5.29. The summed E-state index contributed by atoms with van der Waals surface area (Å²) in [6.45, 7) is 1.69. The van der Waals surface area contributed by atoms with Crippen LogP contribution in [0.15, 0.2) is 65.8 Å². The molecule has 2 heterocycles. The Labute approximate surface area is 186 Å². The summed E-state index contributed by atoms with van der Waals surface area (Å²) in [6, 6.07) is 14.5. The van der Waals surface area contributed by atoms with E-state index in [0.29, 0.717) is 17.2 Å². The van der Waals surface area contributed by atoms with Crippen LogP contribution in [0.3, 0.4) is 0 Å². The van der Waals surface area contributed by atoms with E-state index in [1.807, 2.05) is 28.6 Å². The van der Waals surface area contributed by atoms with Crippen molar-refractivity contribution in [3.8, 4) is 17.0 Å². The molecule has 1 aromatic heterocycles. The third-order valence-corrected chi connectivity index (χ3v) is 6.44. The number of nitrogens with one attached hydrogen (secondary N) is 1. The van der Waals surface area contributed by atoms with E-state index in [4.69, 9.17) is 0 Å². The lowest BCUT2D eigenvalue weighted by Crippen LogP contribution is -2.31. The Morgan fingerprint density at radius 3 is 2.28 bits per heavy atom. The van der Waals surface area contributed by atoms with Gasteiger partial charge in [-0.2, -0.15) is 0 Å². The van der Waals surface area contributed by atoms with Crippen LogP contribution in [0.5, 0.6) is 5.75 Å². The van der Waals surface area contributed by atoms with Gasteiger partial charge in [-0.05, 0) is 49.2 Å². The molecule has 1 unspecified atom stereocenters. The van der Waals surface area contributed by atoms with Crippen LogP contribution in [0.25, 0.3) is 11.3 Å². The van der Waals surface area contributed by atoms with Crippen molar-refractivity contribution in [3.05, 3.63) is 60.9 Å². The lowest BCUT2D eigenvalue weighted by atomic mass is 10.1. The summed E-state index contributed by atoms with van der Waals surface area (Å²) in [4.78, 5) is 9.20. The molecule has 0 radical (unpaired) electrons. The first kappa shape index (κ1) is 22.2. The van der Waals surface area contributed by atoms with Gasteiger partial charge in [0, 0.05) is 30.4 Å². The van der Waals surface area contributed by atoms with Crippen molar-refractivity contribution in [1.82, 2.24) is 14.3 Å². The molecule has 1 aliphatic rings. The Hall–Kier alpha value is -2.98. The van der Waals surface area contributed by atoms with Gasteiger partial charge < -0.3 is 10.1 Å². The maximum absolute atomic E-state index is 12.7. The fourth-order valence-corrected chi connectivity index (χ4v) is 4.65. The fourth-order valence-electron chi connectivity index (χ4n) is 3.39. The zero-order valence-corrected chi connectivity index (χ0v) is 17.8. The van der Waals surface area contributed by atoms with Crippen LogP contribution in [-0.4, -0.2) is 37.9 Å². The topological polar surface area (TPSA) is 67.3 Å². The Morgan fingerprint density at radius 1 is 0.938 bits per heavy atom. The van der Waals surface area contributed by atoms with Gasteiger partial charge in [0.2, 0.25) is 0 Å². The number of anilines is 2. The predicted molar refractivity (Wildman–Crippen MR) is 116 cm³/mol. The zero-order valence-electron chi connectivity index (χ0n) is 17.0. The molecule has 32 heavy (non-hydrogen) atoms. The number of hydrogen-bond acceptors (Lipinski definition) is 5. The summed E-state index contributed by atoms with van der Waals surface area (Å²) < 4.78 is 55.5. The number of benzene rings is 2. The molecule has 0 amide bonds. The summed E-state index contributed by atoms with van der Waals surface area (Å²) in [6.07, 6.45) is -0.00947. The lowest BCUT2D eigenvalue weighted by Gasteiger charge is -2.25. The molecule has 4 rings (SSSR count). The second-order valence-electron chi connectivity index (χ2n) is 7.25. The largest absolute Gasteiger partial charge is 0.573 e. The molecule has 168 valence electrons. The average molecular weight is 462 g/mol. The molecule has 1 atom stereocenters. The van der Waals surface area contributed by atoms with Gasteiger partial charge in [-0.3, -0.25) is 0 Å². The van der Waals surface area contributed by atoms with E-state index in [1.165, 1.54) is 37.0 Å². The standard InChI is InChI=1S/C22H21F3N4O2S/c23-22(24,25)31-18-8-6-17(7-9-18)28-21-14-20(26-15-27-21)16-4-10-19(11-5-16)32(30)29-12-2-1-3-13-29/h4-11,14-15H,1-3,12-13H2,(H,26,27,28). The number of nitrogens with zero attached hydrogens (tertiary/aromatic N) is 3. The number of rotatable bonds is 6. The van der Waals surface area contributed by atoms with Gasteiger partial charge in [0.05, 0.1) is 10.6 Å². The van der Waals surface area contributed by atoms with Crippen LogP contribution in [-0.2, 0) is 11.0 Å². The van der Waals surface area contributed by atoms with Crippen molar-refractivity contribution >= 4 is 22.5 Å². The summed E-state index contributed by atoms with van der Waals surface area (Å²) in [7, 11) is -1.17. The SMILES string of the molecule is O=S(c1ccc(-c2cc(Nc3ccc(OC(F)(F)F)cc3)ncn2)cc1)N1CCCCC1. The van der Waals surface area contributed by atoms with Crippen molar-refractivity contribution in [2.75, 3.05) is 18.4 Å². The number of halogens is 3. The minimum atomic E-state index is -4.73. The third-order valence-electron chi connectivity index (χ3n) is 4.93. The van der Waals surface area contributed by atoms with Crippen molar-refractivity contribution < 1.29 is 22.1 Å². The molecular weight excluding hydrogens is 441 g/mol. The molecule has 0 saturated carbocycles. The molecular formula is C22H21F3N4O2S. The summed E-state index contributed by atoms with van der Waals surface area (Å²) in [5, 5.41) is 3.03. The second kappa shape index (κ2) is 9.66. The highest BCUT2D eigenvalue weighted by Crippen LogP contribution is 2.26. The monoisotopic (exact) mass is 462 g/mol. The second-order valence-corrected chi connectivity index (χ2v) is 8.73. The molecule has 1 saturated heterocycles. The molecule has 3 aromatic rings. The van der Waals surface area contributed by atoms with Crippen LogP contribution >= 0.6 is 0 Å². The number of hydrogen-bond donors (Lipinski definition) is 1. The Bertz CT molecular complexity index is 1070. The molecule has 1 N–H and O–H groups in total. The maximum Gasteiger partial charge on any atom is 0.573 e. The van der Waals surface area contributed by atoms with E-state index in [-0.39, 0.29) is 5.75 Å². The van der Waals surface area contributed by atoms with Crippen LogP contribution in [0.2, 0.25) is 0 Å². The molecule has 0 aliphatic carbocycles. The van der Waals surface area contributed by atoms with E-state index >= 15 is 0 Å². The molecule has 0 spiro atoms. The molecule has 10 heteroatoms. The van der Waals surface area contributed by atoms with Crippen LogP contribution < -0.4 is 10.1 Å². The number of ether oxygens (including phenoxy) is 1. The first-order valence-corrected chi connectivity index (χ1v) is 11.2. The highest BCUT2D eigenvalue weighted by atomic mass is 32.2. The van der Waals surface area contributed by atoms with Crippen LogP contribution in [0.1, 0.15) is 19.3 Å². The summed E-state index contributed by atoms with van der Waals surface area (Å²) >= 11 is 0. The zero-order chi connectivity index (χ0) is 22.6. The first-order chi connectivity index (χ1) is 15.4. The summed E-state index contributed by atoms with van der Waals surface area (Å²) in [5.74, 6) is 0.189. The highest BCUT2D eigenvalue weighted by molar-refractivity contribution is 7.82. The lowest BCUT2D eigenvalue weighted by molar-refractivity contribution is -0.274. The molecule has 0 bridgehead atoms. The van der Waals surface area contributed by atoms with Crippen LogP contribution in [0.4, 0.5) is 24.7 Å². The number of aromatic nitrogens is 2. The van der Waals surface area contributed by atoms with E-state index < -0.39 is 17.3 Å². The highest BCUT2D eigenvalue weighted by Gasteiger charge is 2.30. The van der Waals surface area contributed by atoms with E-state index in [9.17, 15) is 17.4 Å². The van der Waals surface area contributed by atoms with E-state index in [2.05, 4.69) is 20.0 Å². The number of alkyl halides is 3. The maximum atomic E-state index is 12.7. The van der Waals surface area contributed by atoms with Gasteiger partial charge in [-0.25, -0.2) is 18.5 Å². The van der Waals surface area contributed by atoms with Gasteiger partial charge in [-0.1, -0.05) is 18.6 Å². The molecule has 6 nitrogen and oxygen atoms in total. The quantitative estimate of drug-likeness (QED) is 0.539. The smallest absolute Gasteiger partial charge is 0.406 e. The Morgan fingerprint density at radius 2 is 1.62 bits per heavy atom. The van der Waals surface area contributed by atoms with Crippen LogP contribution in [0, 0.1) is 0 Å². The molecule has 1 aliphatic heterocycles. The molecule has 1 fully saturated rings. The molecule has 2 aromatic carbocycles. The van der Waals surface area contributed by atoms with Crippen molar-refractivity contribution in [1.29, 1.82) is 0 Å².